The highest BCUT2D eigenvalue weighted by Gasteiger charge is 2.23. The van der Waals surface area contributed by atoms with Crippen molar-refractivity contribution < 1.29 is 0 Å². The number of hydrogen-bond donors (Lipinski definition) is 0. The third-order valence-corrected chi connectivity index (χ3v) is 5.64. The van der Waals surface area contributed by atoms with Crippen LogP contribution in [0.15, 0.2) is 0 Å². The number of nitrogens with zero attached hydrogens (tertiary/aromatic N) is 3. The fraction of sp³-hybridized carbons (Fsp3) is 1.00. The fourth-order valence-electron chi connectivity index (χ4n) is 3.93. The Morgan fingerprint density at radius 2 is 1.45 bits per heavy atom. The molecule has 0 unspecified atom stereocenters. The molecule has 0 saturated carbocycles. The zero-order valence-corrected chi connectivity index (χ0v) is 15.4. The number of piperazine rings is 1. The molecular weight excluding hydrogens is 270 g/mol. The molecule has 2 aliphatic rings. The van der Waals surface area contributed by atoms with Crippen molar-refractivity contribution in [3.8, 4) is 0 Å². The average molecular weight is 310 g/mol. The molecule has 2 aliphatic heterocycles. The molecular formula is C19H39N3. The average Bonchev–Trinajstić information content (AvgIpc) is 2.54. The van der Waals surface area contributed by atoms with Crippen molar-refractivity contribution in [3.05, 3.63) is 0 Å². The summed E-state index contributed by atoms with van der Waals surface area (Å²) in [5, 5.41) is 0. The summed E-state index contributed by atoms with van der Waals surface area (Å²) >= 11 is 0. The Bertz CT molecular complexity index is 276. The highest BCUT2D eigenvalue weighted by molar-refractivity contribution is 4.78. The largest absolute Gasteiger partial charge is 0.303 e. The lowest BCUT2D eigenvalue weighted by atomic mass is 9.95. The van der Waals surface area contributed by atoms with Gasteiger partial charge >= 0.3 is 0 Å². The van der Waals surface area contributed by atoms with E-state index in [0.29, 0.717) is 0 Å². The van der Waals surface area contributed by atoms with Gasteiger partial charge in [0.15, 0.2) is 0 Å². The molecule has 0 radical (unpaired) electrons. The van der Waals surface area contributed by atoms with Crippen molar-refractivity contribution in [1.29, 1.82) is 0 Å². The molecule has 0 aromatic rings. The Balaban J connectivity index is 1.54. The maximum atomic E-state index is 2.72. The van der Waals surface area contributed by atoms with Crippen LogP contribution in [0.2, 0.25) is 0 Å². The van der Waals surface area contributed by atoms with Crippen LogP contribution in [0.4, 0.5) is 0 Å². The molecule has 3 nitrogen and oxygen atoms in total. The Labute approximate surface area is 139 Å². The van der Waals surface area contributed by atoms with Crippen LogP contribution in [0.5, 0.6) is 0 Å². The third-order valence-electron chi connectivity index (χ3n) is 5.64. The first kappa shape index (κ1) is 18.2. The van der Waals surface area contributed by atoms with Gasteiger partial charge in [0.2, 0.25) is 0 Å². The van der Waals surface area contributed by atoms with Crippen LogP contribution in [0.3, 0.4) is 0 Å². The molecule has 0 aromatic carbocycles. The van der Waals surface area contributed by atoms with Gasteiger partial charge in [-0.1, -0.05) is 33.6 Å². The number of likely N-dealkylation sites (N-methyl/N-ethyl adjacent to an activating group) is 1. The molecule has 0 N–H and O–H groups in total. The number of rotatable bonds is 8. The van der Waals surface area contributed by atoms with Crippen molar-refractivity contribution in [2.24, 2.45) is 11.8 Å². The van der Waals surface area contributed by atoms with E-state index in [1.165, 1.54) is 91.0 Å². The molecule has 0 spiro atoms. The summed E-state index contributed by atoms with van der Waals surface area (Å²) < 4.78 is 0. The van der Waals surface area contributed by atoms with Crippen LogP contribution in [0.25, 0.3) is 0 Å². The molecule has 2 saturated heterocycles. The van der Waals surface area contributed by atoms with Crippen LogP contribution in [0, 0.1) is 11.8 Å². The van der Waals surface area contributed by atoms with Gasteiger partial charge in [-0.3, -0.25) is 0 Å². The van der Waals surface area contributed by atoms with Crippen LogP contribution >= 0.6 is 0 Å². The van der Waals surface area contributed by atoms with E-state index < -0.39 is 0 Å². The molecule has 0 aromatic heterocycles. The summed E-state index contributed by atoms with van der Waals surface area (Å²) in [5.41, 5.74) is 0. The number of likely N-dealkylation sites (tertiary alicyclic amines) is 1. The van der Waals surface area contributed by atoms with E-state index in [0.717, 1.165) is 11.8 Å². The van der Waals surface area contributed by atoms with E-state index in [1.807, 2.05) is 0 Å². The first-order valence-corrected chi connectivity index (χ1v) is 9.84. The number of piperidine rings is 1. The van der Waals surface area contributed by atoms with E-state index in [9.17, 15) is 0 Å². The zero-order chi connectivity index (χ0) is 15.8. The van der Waals surface area contributed by atoms with E-state index in [-0.39, 0.29) is 0 Å². The lowest BCUT2D eigenvalue weighted by Gasteiger charge is -2.38. The summed E-state index contributed by atoms with van der Waals surface area (Å²) in [6, 6.07) is 0. The molecule has 130 valence electrons. The smallest absolute Gasteiger partial charge is 0.0110 e. The van der Waals surface area contributed by atoms with Crippen molar-refractivity contribution in [2.75, 3.05) is 58.9 Å². The van der Waals surface area contributed by atoms with Gasteiger partial charge in [0.05, 0.1) is 0 Å². The minimum Gasteiger partial charge on any atom is -0.303 e. The molecule has 22 heavy (non-hydrogen) atoms. The first-order chi connectivity index (χ1) is 10.7. The number of hydrogen-bond acceptors (Lipinski definition) is 3. The molecule has 2 fully saturated rings. The van der Waals surface area contributed by atoms with E-state index in [2.05, 4.69) is 35.5 Å². The Kier molecular flexibility index (Phi) is 8.19. The second-order valence-corrected chi connectivity index (χ2v) is 7.91. The second kappa shape index (κ2) is 9.89. The molecule has 0 atom stereocenters. The van der Waals surface area contributed by atoms with Crippen molar-refractivity contribution in [1.82, 2.24) is 14.7 Å². The summed E-state index contributed by atoms with van der Waals surface area (Å²) in [5.74, 6) is 1.83. The summed E-state index contributed by atoms with van der Waals surface area (Å²) in [4.78, 5) is 8.01. The zero-order valence-electron chi connectivity index (χ0n) is 15.4. The van der Waals surface area contributed by atoms with Gasteiger partial charge in [-0.05, 0) is 57.3 Å². The molecule has 0 bridgehead atoms. The standard InChI is InChI=1S/C19H39N3/c1-4-20-13-15-22(16-14-20)17-19-8-11-21(12-9-19)10-6-5-7-18(2)3/h18-19H,4-17H2,1-3H3. The second-order valence-electron chi connectivity index (χ2n) is 7.91. The predicted molar refractivity (Wildman–Crippen MR) is 96.4 cm³/mol. The van der Waals surface area contributed by atoms with Crippen LogP contribution in [-0.2, 0) is 0 Å². The maximum absolute atomic E-state index is 2.72. The lowest BCUT2D eigenvalue weighted by molar-refractivity contribution is 0.0971. The molecule has 3 heteroatoms. The highest BCUT2D eigenvalue weighted by Crippen LogP contribution is 2.20. The van der Waals surface area contributed by atoms with Crippen molar-refractivity contribution >= 4 is 0 Å². The van der Waals surface area contributed by atoms with Gasteiger partial charge in [0.1, 0.15) is 0 Å². The van der Waals surface area contributed by atoms with Gasteiger partial charge in [-0.15, -0.1) is 0 Å². The Hall–Kier alpha value is -0.120. The van der Waals surface area contributed by atoms with Crippen LogP contribution in [-0.4, -0.2) is 73.6 Å². The summed E-state index contributed by atoms with van der Waals surface area (Å²) in [7, 11) is 0. The van der Waals surface area contributed by atoms with Gasteiger partial charge in [-0.2, -0.15) is 0 Å². The SMILES string of the molecule is CCN1CCN(CC2CCN(CCCCC(C)C)CC2)CC1. The summed E-state index contributed by atoms with van der Waals surface area (Å²) in [6.07, 6.45) is 7.08. The topological polar surface area (TPSA) is 9.72 Å². The third kappa shape index (κ3) is 6.55. The molecule has 2 rings (SSSR count). The summed E-state index contributed by atoms with van der Waals surface area (Å²) in [6.45, 7) is 18.7. The highest BCUT2D eigenvalue weighted by atomic mass is 15.3. The van der Waals surface area contributed by atoms with Gasteiger partial charge in [0, 0.05) is 32.7 Å². The lowest BCUT2D eigenvalue weighted by Crippen LogP contribution is -2.48. The van der Waals surface area contributed by atoms with E-state index in [1.54, 1.807) is 0 Å². The Morgan fingerprint density at radius 3 is 2.05 bits per heavy atom. The van der Waals surface area contributed by atoms with Crippen molar-refractivity contribution in [2.45, 2.75) is 52.9 Å². The van der Waals surface area contributed by atoms with Gasteiger partial charge in [0.25, 0.3) is 0 Å². The number of unbranched alkanes of at least 4 members (excludes halogenated alkanes) is 1. The molecule has 2 heterocycles. The Morgan fingerprint density at radius 1 is 0.818 bits per heavy atom. The monoisotopic (exact) mass is 309 g/mol. The normalized spacial score (nSPS) is 23.5. The van der Waals surface area contributed by atoms with Gasteiger partial charge < -0.3 is 14.7 Å². The maximum Gasteiger partial charge on any atom is 0.0110 e. The predicted octanol–water partition coefficient (Wildman–Crippen LogP) is 3.16. The van der Waals surface area contributed by atoms with Gasteiger partial charge in [-0.25, -0.2) is 0 Å². The molecule has 0 amide bonds. The van der Waals surface area contributed by atoms with Crippen molar-refractivity contribution in [3.63, 3.8) is 0 Å². The van der Waals surface area contributed by atoms with E-state index >= 15 is 0 Å². The fourth-order valence-corrected chi connectivity index (χ4v) is 3.93. The first-order valence-electron chi connectivity index (χ1n) is 9.84. The van der Waals surface area contributed by atoms with Crippen LogP contribution in [0.1, 0.15) is 52.9 Å². The van der Waals surface area contributed by atoms with Crippen LogP contribution < -0.4 is 0 Å². The van der Waals surface area contributed by atoms with E-state index in [4.69, 9.17) is 0 Å². The quantitative estimate of drug-likeness (QED) is 0.638. The minimum absolute atomic E-state index is 0.874. The minimum atomic E-state index is 0.874. The molecule has 0 aliphatic carbocycles.